The smallest absolute Gasteiger partial charge is 0.322 e. The molecule has 2 unspecified atom stereocenters. The standard InChI is InChI=1S/C24H35N3O3.ClH/c1-30-22(28)10-8-20-16-26-24(29)27(23(20)18-5-3-2-4-6-18)21-9-7-17-11-13-25-14-12-19(17)15-21;/h7,9,15,18,20,23,25H,2-6,8,10-14,16H2,1H3,(H,26,29);1H. The van der Waals surface area contributed by atoms with Crippen LogP contribution in [0, 0.1) is 11.8 Å². The molecular formula is C24H36ClN3O3. The molecule has 6 nitrogen and oxygen atoms in total. The average molecular weight is 450 g/mol. The normalized spacial score (nSPS) is 24.4. The third kappa shape index (κ3) is 5.53. The molecule has 1 saturated heterocycles. The maximum Gasteiger partial charge on any atom is 0.322 e. The number of methoxy groups -OCH3 is 1. The molecule has 172 valence electrons. The molecule has 1 aromatic rings. The fourth-order valence-corrected chi connectivity index (χ4v) is 5.62. The molecule has 3 aliphatic rings. The first-order valence-electron chi connectivity index (χ1n) is 11.6. The number of nitrogens with one attached hydrogen (secondary N) is 2. The number of ether oxygens (including phenoxy) is 1. The molecule has 2 N–H and O–H groups in total. The SMILES string of the molecule is COC(=O)CCC1CNC(=O)N(c2ccc3c(c2)CCNCC3)C1C1CCCCC1.Cl. The molecule has 2 aliphatic heterocycles. The van der Waals surface area contributed by atoms with Crippen LogP contribution in [0.3, 0.4) is 0 Å². The molecule has 0 bridgehead atoms. The molecule has 2 amide bonds. The van der Waals surface area contributed by atoms with E-state index in [-0.39, 0.29) is 36.4 Å². The van der Waals surface area contributed by atoms with Crippen molar-refractivity contribution in [1.82, 2.24) is 10.6 Å². The lowest BCUT2D eigenvalue weighted by atomic mass is 9.75. The Labute approximate surface area is 191 Å². The van der Waals surface area contributed by atoms with Crippen LogP contribution >= 0.6 is 12.4 Å². The number of esters is 1. The van der Waals surface area contributed by atoms with Crippen LogP contribution in [0.25, 0.3) is 0 Å². The van der Waals surface area contributed by atoms with Crippen LogP contribution in [-0.4, -0.2) is 44.8 Å². The minimum absolute atomic E-state index is 0. The van der Waals surface area contributed by atoms with E-state index in [9.17, 15) is 9.59 Å². The largest absolute Gasteiger partial charge is 0.469 e. The topological polar surface area (TPSA) is 70.7 Å². The Bertz CT molecular complexity index is 766. The summed E-state index contributed by atoms with van der Waals surface area (Å²) in [5.74, 6) is 0.580. The molecular weight excluding hydrogens is 414 g/mol. The molecule has 2 heterocycles. The van der Waals surface area contributed by atoms with Crippen molar-refractivity contribution in [3.05, 3.63) is 29.3 Å². The Morgan fingerprint density at radius 3 is 2.61 bits per heavy atom. The summed E-state index contributed by atoms with van der Waals surface area (Å²) in [6.07, 6.45) is 9.27. The average Bonchev–Trinajstić information content (AvgIpc) is 3.03. The number of anilines is 1. The van der Waals surface area contributed by atoms with Gasteiger partial charge in [0.2, 0.25) is 0 Å². The molecule has 2 fully saturated rings. The molecule has 0 aromatic heterocycles. The minimum Gasteiger partial charge on any atom is -0.469 e. The monoisotopic (exact) mass is 449 g/mol. The van der Waals surface area contributed by atoms with Crippen LogP contribution in [-0.2, 0) is 22.4 Å². The minimum atomic E-state index is -0.168. The van der Waals surface area contributed by atoms with E-state index in [0.717, 1.165) is 50.9 Å². The maximum atomic E-state index is 13.1. The van der Waals surface area contributed by atoms with Crippen LogP contribution < -0.4 is 15.5 Å². The summed E-state index contributed by atoms with van der Waals surface area (Å²) < 4.78 is 4.88. The van der Waals surface area contributed by atoms with E-state index >= 15 is 0 Å². The van der Waals surface area contributed by atoms with Crippen molar-refractivity contribution in [3.8, 4) is 0 Å². The van der Waals surface area contributed by atoms with Gasteiger partial charge in [-0.15, -0.1) is 12.4 Å². The molecule has 1 saturated carbocycles. The van der Waals surface area contributed by atoms with Gasteiger partial charge in [-0.3, -0.25) is 9.69 Å². The number of carbonyl (C=O) groups is 2. The highest BCUT2D eigenvalue weighted by molar-refractivity contribution is 5.93. The van der Waals surface area contributed by atoms with Gasteiger partial charge in [-0.25, -0.2) is 4.79 Å². The van der Waals surface area contributed by atoms with Crippen LogP contribution in [0.2, 0.25) is 0 Å². The van der Waals surface area contributed by atoms with Crippen LogP contribution in [0.15, 0.2) is 18.2 Å². The Kier molecular flexibility index (Phi) is 8.61. The lowest BCUT2D eigenvalue weighted by Crippen LogP contribution is -2.60. The van der Waals surface area contributed by atoms with E-state index in [1.807, 2.05) is 4.90 Å². The van der Waals surface area contributed by atoms with Crippen molar-refractivity contribution in [2.24, 2.45) is 11.8 Å². The van der Waals surface area contributed by atoms with E-state index in [1.54, 1.807) is 0 Å². The summed E-state index contributed by atoms with van der Waals surface area (Å²) in [4.78, 5) is 27.0. The zero-order valence-corrected chi connectivity index (χ0v) is 19.3. The predicted octanol–water partition coefficient (Wildman–Crippen LogP) is 3.84. The van der Waals surface area contributed by atoms with Crippen molar-refractivity contribution >= 4 is 30.1 Å². The number of hydrogen-bond donors (Lipinski definition) is 2. The van der Waals surface area contributed by atoms with E-state index in [0.29, 0.717) is 18.9 Å². The third-order valence-electron chi connectivity index (χ3n) is 7.21. The number of carbonyl (C=O) groups excluding carboxylic acids is 2. The van der Waals surface area contributed by atoms with Crippen LogP contribution in [0.1, 0.15) is 56.1 Å². The number of urea groups is 1. The van der Waals surface area contributed by atoms with Crippen molar-refractivity contribution in [1.29, 1.82) is 0 Å². The van der Waals surface area contributed by atoms with Gasteiger partial charge in [0, 0.05) is 24.7 Å². The van der Waals surface area contributed by atoms with Crippen molar-refractivity contribution in [2.45, 2.75) is 63.8 Å². The van der Waals surface area contributed by atoms with Crippen LogP contribution in [0.5, 0.6) is 0 Å². The third-order valence-corrected chi connectivity index (χ3v) is 7.21. The van der Waals surface area contributed by atoms with Crippen molar-refractivity contribution < 1.29 is 14.3 Å². The first-order chi connectivity index (χ1) is 14.7. The Morgan fingerprint density at radius 1 is 1.13 bits per heavy atom. The summed E-state index contributed by atoms with van der Waals surface area (Å²) >= 11 is 0. The number of hydrogen-bond acceptors (Lipinski definition) is 4. The first-order valence-corrected chi connectivity index (χ1v) is 11.6. The lowest BCUT2D eigenvalue weighted by molar-refractivity contribution is -0.141. The van der Waals surface area contributed by atoms with Crippen LogP contribution in [0.4, 0.5) is 10.5 Å². The van der Waals surface area contributed by atoms with Gasteiger partial charge in [-0.2, -0.15) is 0 Å². The summed E-state index contributed by atoms with van der Waals surface area (Å²) in [6, 6.07) is 6.72. The second kappa shape index (κ2) is 11.2. The highest BCUT2D eigenvalue weighted by Gasteiger charge is 2.41. The van der Waals surface area contributed by atoms with Crippen molar-refractivity contribution in [3.63, 3.8) is 0 Å². The predicted molar refractivity (Wildman–Crippen MR) is 125 cm³/mol. The van der Waals surface area contributed by atoms with E-state index < -0.39 is 0 Å². The van der Waals surface area contributed by atoms with Gasteiger partial charge in [-0.05, 0) is 80.3 Å². The molecule has 7 heteroatoms. The highest BCUT2D eigenvalue weighted by Crippen LogP contribution is 2.38. The van der Waals surface area contributed by atoms with Gasteiger partial charge in [-0.1, -0.05) is 25.3 Å². The zero-order valence-electron chi connectivity index (χ0n) is 18.5. The van der Waals surface area contributed by atoms with E-state index in [2.05, 4.69) is 28.8 Å². The van der Waals surface area contributed by atoms with Gasteiger partial charge < -0.3 is 15.4 Å². The summed E-state index contributed by atoms with van der Waals surface area (Å²) in [6.45, 7) is 2.63. The fourth-order valence-electron chi connectivity index (χ4n) is 5.62. The van der Waals surface area contributed by atoms with E-state index in [1.165, 1.54) is 37.5 Å². The number of fused-ring (bicyclic) bond motifs is 1. The number of benzene rings is 1. The summed E-state index contributed by atoms with van der Waals surface area (Å²) in [5, 5.41) is 6.57. The molecule has 1 aliphatic carbocycles. The highest BCUT2D eigenvalue weighted by atomic mass is 35.5. The van der Waals surface area contributed by atoms with Crippen molar-refractivity contribution in [2.75, 3.05) is 31.6 Å². The number of amides is 2. The molecule has 2 atom stereocenters. The van der Waals surface area contributed by atoms with E-state index in [4.69, 9.17) is 4.74 Å². The van der Waals surface area contributed by atoms with Gasteiger partial charge in [0.15, 0.2) is 0 Å². The summed E-state index contributed by atoms with van der Waals surface area (Å²) in [5.41, 5.74) is 3.74. The lowest BCUT2D eigenvalue weighted by Gasteiger charge is -2.46. The molecule has 0 spiro atoms. The number of rotatable bonds is 5. The fraction of sp³-hybridized carbons (Fsp3) is 0.667. The molecule has 1 aromatic carbocycles. The van der Waals surface area contributed by atoms with Gasteiger partial charge in [0.05, 0.1) is 7.11 Å². The molecule has 4 rings (SSSR count). The summed E-state index contributed by atoms with van der Waals surface area (Å²) in [7, 11) is 1.44. The zero-order chi connectivity index (χ0) is 20.9. The Balaban J connectivity index is 0.00000272. The van der Waals surface area contributed by atoms with Gasteiger partial charge in [0.25, 0.3) is 0 Å². The Morgan fingerprint density at radius 2 is 1.87 bits per heavy atom. The second-order valence-electron chi connectivity index (χ2n) is 9.02. The van der Waals surface area contributed by atoms with Gasteiger partial charge in [0.1, 0.15) is 0 Å². The first kappa shape index (κ1) is 23.9. The van der Waals surface area contributed by atoms with Gasteiger partial charge >= 0.3 is 12.0 Å². The molecule has 31 heavy (non-hydrogen) atoms. The Hall–Kier alpha value is -1.79. The molecule has 0 radical (unpaired) electrons. The number of halogens is 1. The maximum absolute atomic E-state index is 13.1. The quantitative estimate of drug-likeness (QED) is 0.670. The number of nitrogens with zero attached hydrogens (tertiary/aromatic N) is 1. The second-order valence-corrected chi connectivity index (χ2v) is 9.02.